The average Bonchev–Trinajstić information content (AvgIpc) is 2.65. The van der Waals surface area contributed by atoms with Crippen LogP contribution in [0.3, 0.4) is 0 Å². The molecule has 4 atom stereocenters. The number of hydrogen-bond donors (Lipinski definition) is 8. The van der Waals surface area contributed by atoms with E-state index in [0.717, 1.165) is 0 Å². The Bertz CT molecular complexity index is 261. The average molecular weight is 412 g/mol. The third-order valence-electron chi connectivity index (χ3n) is 2.65. The van der Waals surface area contributed by atoms with Gasteiger partial charge in [-0.15, -0.1) is 0 Å². The van der Waals surface area contributed by atoms with Gasteiger partial charge in [0.1, 0.15) is 0 Å². The molecule has 0 aliphatic carbocycles. The Morgan fingerprint density at radius 3 is 0.840 bits per heavy atom. The summed E-state index contributed by atoms with van der Waals surface area (Å²) in [7, 11) is 0. The Balaban J connectivity index is 5.11. The summed E-state index contributed by atoms with van der Waals surface area (Å²) in [5.41, 5.74) is 0. The maximum absolute atomic E-state index is 9.41. The van der Waals surface area contributed by atoms with Gasteiger partial charge in [-0.25, -0.2) is 0 Å². The molecule has 12 nitrogen and oxygen atoms in total. The van der Waals surface area contributed by atoms with Crippen LogP contribution in [0.5, 0.6) is 0 Å². The van der Waals surface area contributed by atoms with E-state index in [1.807, 2.05) is 0 Å². The normalized spacial score (nSPS) is 19.2. The zero-order valence-corrected chi connectivity index (χ0v) is 15.2. The van der Waals surface area contributed by atoms with Crippen LogP contribution >= 0.6 is 0 Å². The van der Waals surface area contributed by atoms with Gasteiger partial charge in [0.25, 0.3) is 0 Å². The molecule has 0 saturated heterocycles. The van der Waals surface area contributed by atoms with Crippen molar-refractivity contribution >= 4 is 0 Å². The molecular formula is C12H28O12Ti. The molecule has 13 heteroatoms. The molecule has 0 rings (SSSR count). The SMILES string of the molecule is OCC(O)C[O][Ti]([O]CC(O)CO)([O]CC(O)CO)[O]CC(O)CO. The molecule has 0 spiro atoms. The summed E-state index contributed by atoms with van der Waals surface area (Å²) in [5, 5.41) is 73.0. The predicted octanol–water partition coefficient (Wildman–Crippen LogP) is -4.72. The Kier molecular flexibility index (Phi) is 14.4. The molecule has 25 heavy (non-hydrogen) atoms. The first-order valence-electron chi connectivity index (χ1n) is 7.53. The van der Waals surface area contributed by atoms with Crippen LogP contribution in [0.1, 0.15) is 0 Å². The van der Waals surface area contributed by atoms with E-state index in [9.17, 15) is 20.4 Å². The summed E-state index contributed by atoms with van der Waals surface area (Å²) < 4.78 is 21.2. The Hall–Kier alpha value is 0.234. The third-order valence-corrected chi connectivity index (χ3v) is 5.90. The van der Waals surface area contributed by atoms with Gasteiger partial charge >= 0.3 is 150 Å². The second-order valence-corrected chi connectivity index (χ2v) is 8.45. The van der Waals surface area contributed by atoms with Gasteiger partial charge in [0, 0.05) is 0 Å². The monoisotopic (exact) mass is 412 g/mol. The summed E-state index contributed by atoms with van der Waals surface area (Å²) in [6.07, 6.45) is -5.19. The van der Waals surface area contributed by atoms with Crippen molar-refractivity contribution in [3.8, 4) is 0 Å². The van der Waals surface area contributed by atoms with Gasteiger partial charge in [-0.1, -0.05) is 0 Å². The molecule has 0 amide bonds. The molecule has 0 aliphatic heterocycles. The van der Waals surface area contributed by atoms with Crippen molar-refractivity contribution in [1.29, 1.82) is 0 Å². The summed E-state index contributed by atoms with van der Waals surface area (Å²) >= 11 is -4.80. The van der Waals surface area contributed by atoms with E-state index >= 15 is 0 Å². The molecule has 8 N–H and O–H groups in total. The minimum atomic E-state index is -4.80. The first kappa shape index (κ1) is 25.2. The van der Waals surface area contributed by atoms with E-state index < -0.39 is 95.4 Å². The van der Waals surface area contributed by atoms with Crippen LogP contribution < -0.4 is 0 Å². The molecule has 0 fully saturated rings. The third kappa shape index (κ3) is 11.5. The van der Waals surface area contributed by atoms with Crippen molar-refractivity contribution in [2.24, 2.45) is 0 Å². The first-order valence-corrected chi connectivity index (χ1v) is 10.1. The van der Waals surface area contributed by atoms with Crippen LogP contribution in [0.2, 0.25) is 0 Å². The van der Waals surface area contributed by atoms with Gasteiger partial charge in [-0.2, -0.15) is 0 Å². The number of aliphatic hydroxyl groups excluding tert-OH is 8. The minimum absolute atomic E-state index is 0.476. The van der Waals surface area contributed by atoms with E-state index in [1.54, 1.807) is 0 Å². The van der Waals surface area contributed by atoms with E-state index in [-0.39, 0.29) is 0 Å². The quantitative estimate of drug-likeness (QED) is 0.113. The molecule has 0 saturated carbocycles. The van der Waals surface area contributed by atoms with E-state index in [4.69, 9.17) is 33.7 Å². The Morgan fingerprint density at radius 2 is 0.680 bits per heavy atom. The molecule has 0 heterocycles. The van der Waals surface area contributed by atoms with Crippen molar-refractivity contribution in [3.05, 3.63) is 0 Å². The van der Waals surface area contributed by atoms with Crippen LogP contribution in [-0.2, 0) is 31.4 Å². The zero-order valence-electron chi connectivity index (χ0n) is 13.7. The number of hydrogen-bond acceptors (Lipinski definition) is 12. The van der Waals surface area contributed by atoms with Crippen molar-refractivity contribution in [2.75, 3.05) is 52.9 Å². The molecule has 152 valence electrons. The fourth-order valence-corrected chi connectivity index (χ4v) is 4.51. The summed E-state index contributed by atoms with van der Waals surface area (Å²) in [6.45, 7) is -4.42. The van der Waals surface area contributed by atoms with Crippen molar-refractivity contribution in [3.63, 3.8) is 0 Å². The maximum atomic E-state index is 9.41. The number of aliphatic hydroxyl groups is 8. The molecule has 0 radical (unpaired) electrons. The molecule has 0 aromatic heterocycles. The molecule has 4 unspecified atom stereocenters. The van der Waals surface area contributed by atoms with Crippen LogP contribution in [0.25, 0.3) is 0 Å². The second-order valence-electron chi connectivity index (χ2n) is 5.09. The fraction of sp³-hybridized carbons (Fsp3) is 1.00. The standard InChI is InChI=1S/4C3H7O3.Ti/c4*4-1-3(6)2-5;/h4*3-4,6H,1-2H2;/q4*-1;+4. The van der Waals surface area contributed by atoms with E-state index in [1.165, 1.54) is 0 Å². The van der Waals surface area contributed by atoms with Crippen LogP contribution in [0, 0.1) is 0 Å². The van der Waals surface area contributed by atoms with Gasteiger partial charge in [-0.3, -0.25) is 0 Å². The molecule has 0 aliphatic rings. The molecule has 0 aromatic carbocycles. The predicted molar refractivity (Wildman–Crippen MR) is 76.2 cm³/mol. The van der Waals surface area contributed by atoms with E-state index in [2.05, 4.69) is 0 Å². The van der Waals surface area contributed by atoms with E-state index in [0.29, 0.717) is 0 Å². The number of rotatable bonds is 16. The van der Waals surface area contributed by atoms with Crippen LogP contribution in [-0.4, -0.2) is 118 Å². The zero-order chi connectivity index (χ0) is 19.3. The summed E-state index contributed by atoms with van der Waals surface area (Å²) in [6, 6.07) is 0. The first-order chi connectivity index (χ1) is 11.8. The molecule has 0 bridgehead atoms. The van der Waals surface area contributed by atoms with Gasteiger partial charge in [0.05, 0.1) is 0 Å². The molecule has 0 aromatic rings. The summed E-state index contributed by atoms with van der Waals surface area (Å²) in [5.74, 6) is 0. The van der Waals surface area contributed by atoms with Gasteiger partial charge in [-0.05, 0) is 0 Å². The van der Waals surface area contributed by atoms with Crippen LogP contribution in [0.4, 0.5) is 0 Å². The van der Waals surface area contributed by atoms with Crippen molar-refractivity contribution in [1.82, 2.24) is 0 Å². The second kappa shape index (κ2) is 14.3. The summed E-state index contributed by atoms with van der Waals surface area (Å²) in [4.78, 5) is 0. The van der Waals surface area contributed by atoms with Gasteiger partial charge in [0.15, 0.2) is 0 Å². The molecular weight excluding hydrogens is 384 g/mol. The van der Waals surface area contributed by atoms with Gasteiger partial charge < -0.3 is 0 Å². The van der Waals surface area contributed by atoms with Gasteiger partial charge in [0.2, 0.25) is 0 Å². The Labute approximate surface area is 150 Å². The van der Waals surface area contributed by atoms with Crippen molar-refractivity contribution < 1.29 is 72.3 Å². The topological polar surface area (TPSA) is 199 Å². The Morgan fingerprint density at radius 1 is 0.480 bits per heavy atom. The van der Waals surface area contributed by atoms with Crippen molar-refractivity contribution in [2.45, 2.75) is 24.4 Å². The van der Waals surface area contributed by atoms with Crippen LogP contribution in [0.15, 0.2) is 0 Å². The fourth-order valence-electron chi connectivity index (χ4n) is 1.25.